The van der Waals surface area contributed by atoms with Gasteiger partial charge in [0, 0.05) is 12.5 Å². The van der Waals surface area contributed by atoms with Crippen LogP contribution in [0.2, 0.25) is 0 Å². The van der Waals surface area contributed by atoms with Gasteiger partial charge in [0.2, 0.25) is 0 Å². The van der Waals surface area contributed by atoms with E-state index in [2.05, 4.69) is 15.9 Å². The van der Waals surface area contributed by atoms with Crippen molar-refractivity contribution in [1.82, 2.24) is 0 Å². The molecule has 1 atom stereocenters. The number of hydrogen-bond acceptors (Lipinski definition) is 4. The number of carbonyl (C=O) groups excluding carboxylic acids is 1. The number of carbonyl (C=O) groups is 1. The molecule has 0 aromatic heterocycles. The summed E-state index contributed by atoms with van der Waals surface area (Å²) in [5, 5.41) is 9.88. The van der Waals surface area contributed by atoms with Crippen LogP contribution in [0.4, 0.5) is 0 Å². The van der Waals surface area contributed by atoms with E-state index in [0.29, 0.717) is 12.2 Å². The Bertz CT molecular complexity index is 484. The van der Waals surface area contributed by atoms with Crippen molar-refractivity contribution in [2.45, 2.75) is 32.3 Å². The zero-order valence-corrected chi connectivity index (χ0v) is 11.9. The average Bonchev–Trinajstić information content (AvgIpc) is 2.33. The Morgan fingerprint density at radius 3 is 2.94 bits per heavy atom. The molecule has 1 heterocycles. The van der Waals surface area contributed by atoms with Gasteiger partial charge in [-0.05, 0) is 27.9 Å². The molecular formula is C13H15BrO4. The van der Waals surface area contributed by atoms with Crippen molar-refractivity contribution in [3.63, 3.8) is 0 Å². The minimum Gasteiger partial charge on any atom is -0.507 e. The zero-order valence-electron chi connectivity index (χ0n) is 10.3. The summed E-state index contributed by atoms with van der Waals surface area (Å²) in [6.45, 7) is 2.04. The predicted octanol–water partition coefficient (Wildman–Crippen LogP) is 3.04. The summed E-state index contributed by atoms with van der Waals surface area (Å²) in [6, 6.07) is 1.42. The number of phenols is 1. The van der Waals surface area contributed by atoms with Crippen LogP contribution in [-0.4, -0.2) is 24.3 Å². The highest BCUT2D eigenvalue weighted by Crippen LogP contribution is 2.40. The summed E-state index contributed by atoms with van der Waals surface area (Å²) in [4.78, 5) is 11.9. The molecule has 1 N–H and O–H groups in total. The second-order valence-corrected chi connectivity index (χ2v) is 5.08. The molecule has 1 aromatic carbocycles. The first-order valence-electron chi connectivity index (χ1n) is 5.87. The fourth-order valence-electron chi connectivity index (χ4n) is 2.20. The first-order chi connectivity index (χ1) is 8.58. The monoisotopic (exact) mass is 314 g/mol. The van der Waals surface area contributed by atoms with E-state index in [-0.39, 0.29) is 17.4 Å². The summed E-state index contributed by atoms with van der Waals surface area (Å²) in [7, 11) is 1.52. The number of cyclic esters (lactones) is 1. The van der Waals surface area contributed by atoms with Crippen LogP contribution < -0.4 is 4.74 Å². The summed E-state index contributed by atoms with van der Waals surface area (Å²) in [6.07, 6.45) is 2.23. The van der Waals surface area contributed by atoms with Crippen molar-refractivity contribution in [3.05, 3.63) is 21.7 Å². The molecular weight excluding hydrogens is 300 g/mol. The SMILES string of the molecule is CCC[C@@H]1Cc2c(Br)c(OC)cc(O)c2C(=O)O1. The first-order valence-corrected chi connectivity index (χ1v) is 6.67. The van der Waals surface area contributed by atoms with Crippen LogP contribution in [0.1, 0.15) is 35.7 Å². The second-order valence-electron chi connectivity index (χ2n) is 4.29. The third-order valence-corrected chi connectivity index (χ3v) is 3.92. The van der Waals surface area contributed by atoms with Crippen LogP contribution in [0.5, 0.6) is 11.5 Å². The van der Waals surface area contributed by atoms with E-state index in [1.807, 2.05) is 6.92 Å². The summed E-state index contributed by atoms with van der Waals surface area (Å²) in [5.41, 5.74) is 1.01. The molecule has 0 fully saturated rings. The standard InChI is InChI=1S/C13H15BrO4/c1-3-4-7-5-8-11(13(16)18-7)9(15)6-10(17-2)12(8)14/h6-7,15H,3-5H2,1-2H3/t7-/m1/s1. The molecule has 18 heavy (non-hydrogen) atoms. The molecule has 2 rings (SSSR count). The zero-order chi connectivity index (χ0) is 13.3. The maximum Gasteiger partial charge on any atom is 0.342 e. The molecule has 0 spiro atoms. The normalized spacial score (nSPS) is 18.2. The van der Waals surface area contributed by atoms with Crippen molar-refractivity contribution in [2.75, 3.05) is 7.11 Å². The van der Waals surface area contributed by atoms with Crippen LogP contribution in [0, 0.1) is 0 Å². The maximum atomic E-state index is 11.9. The molecule has 0 unspecified atom stereocenters. The molecule has 0 amide bonds. The molecule has 1 aliphatic rings. The topological polar surface area (TPSA) is 55.8 Å². The highest BCUT2D eigenvalue weighted by atomic mass is 79.9. The van der Waals surface area contributed by atoms with Crippen LogP contribution in [0.25, 0.3) is 0 Å². The number of benzene rings is 1. The summed E-state index contributed by atoms with van der Waals surface area (Å²) < 4.78 is 11.2. The lowest BCUT2D eigenvalue weighted by Gasteiger charge is -2.26. The number of halogens is 1. The number of ether oxygens (including phenoxy) is 2. The number of aromatic hydroxyl groups is 1. The number of esters is 1. The third-order valence-electron chi connectivity index (χ3n) is 3.05. The largest absolute Gasteiger partial charge is 0.507 e. The molecule has 98 valence electrons. The number of fused-ring (bicyclic) bond motifs is 1. The molecule has 4 nitrogen and oxygen atoms in total. The van der Waals surface area contributed by atoms with Gasteiger partial charge in [-0.1, -0.05) is 13.3 Å². The number of methoxy groups -OCH3 is 1. The Morgan fingerprint density at radius 1 is 1.61 bits per heavy atom. The van der Waals surface area contributed by atoms with Crippen LogP contribution in [0.15, 0.2) is 10.5 Å². The van der Waals surface area contributed by atoms with E-state index in [0.717, 1.165) is 22.9 Å². The Kier molecular flexibility index (Phi) is 3.80. The molecule has 0 radical (unpaired) electrons. The minimum absolute atomic E-state index is 0.0926. The van der Waals surface area contributed by atoms with E-state index in [9.17, 15) is 9.90 Å². The Labute approximate surface area is 114 Å². The molecule has 0 saturated carbocycles. The molecule has 5 heteroatoms. The molecule has 0 bridgehead atoms. The summed E-state index contributed by atoms with van der Waals surface area (Å²) in [5.74, 6) is -0.0308. The fraction of sp³-hybridized carbons (Fsp3) is 0.462. The van der Waals surface area contributed by atoms with Gasteiger partial charge in [-0.2, -0.15) is 0 Å². The van der Waals surface area contributed by atoms with Crippen molar-refractivity contribution in [3.8, 4) is 11.5 Å². The van der Waals surface area contributed by atoms with Crippen molar-refractivity contribution in [1.29, 1.82) is 0 Å². The number of phenolic OH excluding ortho intramolecular Hbond substituents is 1. The minimum atomic E-state index is -0.462. The highest BCUT2D eigenvalue weighted by Gasteiger charge is 2.31. The molecule has 0 aliphatic carbocycles. The van der Waals surface area contributed by atoms with Gasteiger partial charge in [0.05, 0.1) is 11.6 Å². The quantitative estimate of drug-likeness (QED) is 0.871. The second kappa shape index (κ2) is 5.18. The van der Waals surface area contributed by atoms with Gasteiger partial charge in [-0.15, -0.1) is 0 Å². The van der Waals surface area contributed by atoms with Crippen LogP contribution in [0.3, 0.4) is 0 Å². The highest BCUT2D eigenvalue weighted by molar-refractivity contribution is 9.10. The van der Waals surface area contributed by atoms with Gasteiger partial charge >= 0.3 is 5.97 Å². The number of hydrogen-bond donors (Lipinski definition) is 1. The van der Waals surface area contributed by atoms with Crippen molar-refractivity contribution >= 4 is 21.9 Å². The van der Waals surface area contributed by atoms with Crippen molar-refractivity contribution < 1.29 is 19.4 Å². The van der Waals surface area contributed by atoms with Crippen LogP contribution >= 0.6 is 15.9 Å². The van der Waals surface area contributed by atoms with Crippen LogP contribution in [-0.2, 0) is 11.2 Å². The predicted molar refractivity (Wildman–Crippen MR) is 70.2 cm³/mol. The molecule has 1 aliphatic heterocycles. The lowest BCUT2D eigenvalue weighted by Crippen LogP contribution is -2.28. The lowest BCUT2D eigenvalue weighted by molar-refractivity contribution is 0.0231. The Hall–Kier alpha value is -1.23. The van der Waals surface area contributed by atoms with Gasteiger partial charge in [0.1, 0.15) is 23.2 Å². The van der Waals surface area contributed by atoms with E-state index in [1.54, 1.807) is 0 Å². The third kappa shape index (κ3) is 2.19. The molecule has 0 saturated heterocycles. The Morgan fingerprint density at radius 2 is 2.33 bits per heavy atom. The van der Waals surface area contributed by atoms with E-state index >= 15 is 0 Å². The average molecular weight is 315 g/mol. The summed E-state index contributed by atoms with van der Waals surface area (Å²) >= 11 is 3.42. The maximum absolute atomic E-state index is 11.9. The number of rotatable bonds is 3. The lowest BCUT2D eigenvalue weighted by atomic mass is 9.95. The smallest absolute Gasteiger partial charge is 0.342 e. The Balaban J connectivity index is 2.49. The van der Waals surface area contributed by atoms with Crippen molar-refractivity contribution in [2.24, 2.45) is 0 Å². The first kappa shape index (κ1) is 13.2. The van der Waals surface area contributed by atoms with E-state index < -0.39 is 5.97 Å². The van der Waals surface area contributed by atoms with Gasteiger partial charge in [0.25, 0.3) is 0 Å². The van der Waals surface area contributed by atoms with E-state index in [1.165, 1.54) is 13.2 Å². The van der Waals surface area contributed by atoms with Gasteiger partial charge in [-0.3, -0.25) is 0 Å². The van der Waals surface area contributed by atoms with E-state index in [4.69, 9.17) is 9.47 Å². The van der Waals surface area contributed by atoms with Gasteiger partial charge < -0.3 is 14.6 Å². The van der Waals surface area contributed by atoms with Gasteiger partial charge in [-0.25, -0.2) is 4.79 Å². The van der Waals surface area contributed by atoms with Gasteiger partial charge in [0.15, 0.2) is 0 Å². The molecule has 1 aromatic rings. The fourth-order valence-corrected chi connectivity index (χ4v) is 2.84.